The first-order valence-electron chi connectivity index (χ1n) is 9.49. The van der Waals surface area contributed by atoms with Gasteiger partial charge in [-0.3, -0.25) is 10.1 Å². The molecule has 1 saturated heterocycles. The van der Waals surface area contributed by atoms with E-state index in [1.165, 1.54) is 40.7 Å². The molecule has 31 heavy (non-hydrogen) atoms. The van der Waals surface area contributed by atoms with Crippen LogP contribution in [-0.4, -0.2) is 41.9 Å². The average Bonchev–Trinajstić information content (AvgIpc) is 3.23. The van der Waals surface area contributed by atoms with Gasteiger partial charge < -0.3 is 4.42 Å². The molecular weight excluding hydrogens is 430 g/mol. The number of sulfonamides is 1. The molecule has 2 aromatic carbocycles. The fourth-order valence-electron chi connectivity index (χ4n) is 3.30. The van der Waals surface area contributed by atoms with Crippen molar-refractivity contribution in [1.29, 1.82) is 0 Å². The SMILES string of the molecule is O=C(Nc1nnc(-c2ccc(F)cc2)o1)C1CCN(S(=O)(=O)c2ccc(F)cc2)CC1. The van der Waals surface area contributed by atoms with Crippen LogP contribution >= 0.6 is 0 Å². The van der Waals surface area contributed by atoms with Crippen molar-refractivity contribution in [2.45, 2.75) is 17.7 Å². The van der Waals surface area contributed by atoms with Crippen molar-refractivity contribution >= 4 is 21.9 Å². The highest BCUT2D eigenvalue weighted by Crippen LogP contribution is 2.26. The topological polar surface area (TPSA) is 105 Å². The van der Waals surface area contributed by atoms with Gasteiger partial charge in [-0.05, 0) is 61.4 Å². The highest BCUT2D eigenvalue weighted by Gasteiger charge is 2.32. The maximum atomic E-state index is 13.1. The quantitative estimate of drug-likeness (QED) is 0.643. The van der Waals surface area contributed by atoms with E-state index < -0.39 is 27.6 Å². The third-order valence-electron chi connectivity index (χ3n) is 5.02. The number of hydrogen-bond donors (Lipinski definition) is 1. The van der Waals surface area contributed by atoms with E-state index >= 15 is 0 Å². The Morgan fingerprint density at radius 1 is 0.968 bits per heavy atom. The summed E-state index contributed by atoms with van der Waals surface area (Å²) in [5, 5.41) is 10.1. The summed E-state index contributed by atoms with van der Waals surface area (Å²) in [6.07, 6.45) is 0.621. The number of benzene rings is 2. The number of carbonyl (C=O) groups is 1. The zero-order valence-electron chi connectivity index (χ0n) is 16.2. The predicted octanol–water partition coefficient (Wildman–Crippen LogP) is 3.05. The Balaban J connectivity index is 1.35. The Morgan fingerprint density at radius 2 is 1.55 bits per heavy atom. The summed E-state index contributed by atoms with van der Waals surface area (Å²) in [7, 11) is -3.75. The van der Waals surface area contributed by atoms with E-state index in [9.17, 15) is 22.0 Å². The van der Waals surface area contributed by atoms with Crippen molar-refractivity contribution in [3.05, 3.63) is 60.2 Å². The normalized spacial score (nSPS) is 15.7. The summed E-state index contributed by atoms with van der Waals surface area (Å²) in [6, 6.07) is 10.0. The molecule has 0 saturated carbocycles. The lowest BCUT2D eigenvalue weighted by Gasteiger charge is -2.30. The van der Waals surface area contributed by atoms with E-state index in [4.69, 9.17) is 4.42 Å². The first-order chi connectivity index (χ1) is 14.8. The molecule has 8 nitrogen and oxygen atoms in total. The molecule has 0 unspecified atom stereocenters. The number of hydrogen-bond acceptors (Lipinski definition) is 6. The molecule has 11 heteroatoms. The highest BCUT2D eigenvalue weighted by atomic mass is 32.2. The van der Waals surface area contributed by atoms with Crippen molar-refractivity contribution in [3.63, 3.8) is 0 Å². The summed E-state index contributed by atoms with van der Waals surface area (Å²) in [4.78, 5) is 12.5. The fraction of sp³-hybridized carbons (Fsp3) is 0.250. The van der Waals surface area contributed by atoms with E-state index in [0.29, 0.717) is 18.4 Å². The van der Waals surface area contributed by atoms with Crippen LogP contribution in [0.5, 0.6) is 0 Å². The van der Waals surface area contributed by atoms with E-state index in [-0.39, 0.29) is 35.8 Å². The summed E-state index contributed by atoms with van der Waals surface area (Å²) in [5.41, 5.74) is 0.508. The number of amides is 1. The van der Waals surface area contributed by atoms with E-state index in [1.54, 1.807) is 0 Å². The number of nitrogens with one attached hydrogen (secondary N) is 1. The zero-order chi connectivity index (χ0) is 22.0. The maximum absolute atomic E-state index is 13.1. The molecule has 0 radical (unpaired) electrons. The summed E-state index contributed by atoms with van der Waals surface area (Å²) >= 11 is 0. The highest BCUT2D eigenvalue weighted by molar-refractivity contribution is 7.89. The number of aromatic nitrogens is 2. The van der Waals surface area contributed by atoms with Gasteiger partial charge in [0.15, 0.2) is 0 Å². The van der Waals surface area contributed by atoms with Gasteiger partial charge in [0.25, 0.3) is 0 Å². The molecule has 3 aromatic rings. The van der Waals surface area contributed by atoms with Crippen LogP contribution < -0.4 is 5.32 Å². The molecular formula is C20H18F2N4O4S. The van der Waals surface area contributed by atoms with Crippen LogP contribution in [0.15, 0.2) is 57.8 Å². The third kappa shape index (κ3) is 4.62. The lowest BCUT2D eigenvalue weighted by molar-refractivity contribution is -0.121. The number of rotatable bonds is 5. The number of piperidine rings is 1. The molecule has 1 N–H and O–H groups in total. The Kier molecular flexibility index (Phi) is 5.79. The summed E-state index contributed by atoms with van der Waals surface area (Å²) in [5.74, 6) is -1.56. The van der Waals surface area contributed by atoms with Gasteiger partial charge in [-0.25, -0.2) is 17.2 Å². The molecule has 1 fully saturated rings. The molecule has 1 amide bonds. The van der Waals surface area contributed by atoms with Crippen LogP contribution in [0.4, 0.5) is 14.8 Å². The van der Waals surface area contributed by atoms with Crippen molar-refractivity contribution in [3.8, 4) is 11.5 Å². The zero-order valence-corrected chi connectivity index (χ0v) is 17.0. The third-order valence-corrected chi connectivity index (χ3v) is 6.94. The van der Waals surface area contributed by atoms with Gasteiger partial charge in [-0.15, -0.1) is 5.10 Å². The van der Waals surface area contributed by atoms with Gasteiger partial charge in [-0.1, -0.05) is 5.10 Å². The second-order valence-electron chi connectivity index (χ2n) is 7.04. The van der Waals surface area contributed by atoms with Gasteiger partial charge in [0.05, 0.1) is 4.90 Å². The fourth-order valence-corrected chi connectivity index (χ4v) is 4.77. The van der Waals surface area contributed by atoms with Crippen LogP contribution in [0.3, 0.4) is 0 Å². The number of nitrogens with zero attached hydrogens (tertiary/aromatic N) is 3. The summed E-state index contributed by atoms with van der Waals surface area (Å²) in [6.45, 7) is 0.310. The molecule has 0 bridgehead atoms. The molecule has 0 spiro atoms. The summed E-state index contributed by atoms with van der Waals surface area (Å²) < 4.78 is 58.1. The van der Waals surface area contributed by atoms with Crippen LogP contribution in [0.1, 0.15) is 12.8 Å². The monoisotopic (exact) mass is 448 g/mol. The Morgan fingerprint density at radius 3 is 2.16 bits per heavy atom. The Labute approximate surface area is 176 Å². The van der Waals surface area contributed by atoms with Crippen molar-refractivity contribution < 1.29 is 26.4 Å². The minimum Gasteiger partial charge on any atom is -0.403 e. The van der Waals surface area contributed by atoms with Crippen LogP contribution in [0, 0.1) is 17.6 Å². The maximum Gasteiger partial charge on any atom is 0.322 e. The van der Waals surface area contributed by atoms with Crippen LogP contribution in [-0.2, 0) is 14.8 Å². The molecule has 0 atom stereocenters. The molecule has 4 rings (SSSR count). The lowest BCUT2D eigenvalue weighted by atomic mass is 9.97. The van der Waals surface area contributed by atoms with E-state index in [2.05, 4.69) is 15.5 Å². The van der Waals surface area contributed by atoms with Crippen molar-refractivity contribution in [2.75, 3.05) is 18.4 Å². The lowest BCUT2D eigenvalue weighted by Crippen LogP contribution is -2.41. The minimum absolute atomic E-state index is 0.0102. The molecule has 1 aliphatic heterocycles. The smallest absolute Gasteiger partial charge is 0.322 e. The van der Waals surface area contributed by atoms with E-state index in [0.717, 1.165) is 12.1 Å². The van der Waals surface area contributed by atoms with Crippen molar-refractivity contribution in [2.24, 2.45) is 5.92 Å². The number of halogens is 2. The Hall–Kier alpha value is -3.18. The van der Waals surface area contributed by atoms with Crippen LogP contribution in [0.2, 0.25) is 0 Å². The standard InChI is InChI=1S/C20H18F2N4O4S/c21-15-3-1-14(2-4-15)19-24-25-20(30-19)23-18(27)13-9-11-26(12-10-13)31(28,29)17-7-5-16(22)6-8-17/h1-8,13H,9-12H2,(H,23,25,27). The molecule has 0 aliphatic carbocycles. The Bertz CT molecular complexity index is 1170. The predicted molar refractivity (Wildman–Crippen MR) is 106 cm³/mol. The molecule has 162 valence electrons. The largest absolute Gasteiger partial charge is 0.403 e. The molecule has 2 heterocycles. The second kappa shape index (κ2) is 8.52. The van der Waals surface area contributed by atoms with Gasteiger partial charge >= 0.3 is 6.01 Å². The van der Waals surface area contributed by atoms with Gasteiger partial charge in [-0.2, -0.15) is 4.31 Å². The van der Waals surface area contributed by atoms with Gasteiger partial charge in [0.1, 0.15) is 11.6 Å². The average molecular weight is 448 g/mol. The first-order valence-corrected chi connectivity index (χ1v) is 10.9. The van der Waals surface area contributed by atoms with Crippen LogP contribution in [0.25, 0.3) is 11.5 Å². The number of anilines is 1. The minimum atomic E-state index is -3.75. The van der Waals surface area contributed by atoms with Gasteiger partial charge in [0.2, 0.25) is 21.8 Å². The molecule has 1 aromatic heterocycles. The van der Waals surface area contributed by atoms with Gasteiger partial charge in [0, 0.05) is 24.6 Å². The number of carbonyl (C=O) groups excluding carboxylic acids is 1. The molecule has 1 aliphatic rings. The first kappa shape index (κ1) is 21.1. The second-order valence-corrected chi connectivity index (χ2v) is 8.98. The van der Waals surface area contributed by atoms with E-state index in [1.807, 2.05) is 0 Å². The van der Waals surface area contributed by atoms with Crippen molar-refractivity contribution in [1.82, 2.24) is 14.5 Å².